The van der Waals surface area contributed by atoms with Gasteiger partial charge in [-0.05, 0) is 37.0 Å². The predicted octanol–water partition coefficient (Wildman–Crippen LogP) is 2.20. The Labute approximate surface area is 113 Å². The molecule has 0 bridgehead atoms. The van der Waals surface area contributed by atoms with E-state index in [0.717, 1.165) is 24.9 Å². The molecule has 0 atom stereocenters. The van der Waals surface area contributed by atoms with Crippen LogP contribution in [0.5, 0.6) is 0 Å². The van der Waals surface area contributed by atoms with Crippen molar-refractivity contribution >= 4 is 17.5 Å². The zero-order valence-corrected chi connectivity index (χ0v) is 11.3. The summed E-state index contributed by atoms with van der Waals surface area (Å²) in [6.45, 7) is 2.95. The first-order valence-corrected chi connectivity index (χ1v) is 6.85. The number of aryl methyl sites for hydroxylation is 1. The molecular formula is C15H20N2O2. The second-order valence-corrected chi connectivity index (χ2v) is 4.87. The van der Waals surface area contributed by atoms with Crippen molar-refractivity contribution in [3.63, 3.8) is 0 Å². The quantitative estimate of drug-likeness (QED) is 0.902. The van der Waals surface area contributed by atoms with Crippen LogP contribution in [0.15, 0.2) is 24.3 Å². The maximum Gasteiger partial charge on any atom is 0.243 e. The van der Waals surface area contributed by atoms with E-state index < -0.39 is 0 Å². The zero-order valence-electron chi connectivity index (χ0n) is 11.3. The average molecular weight is 260 g/mol. The number of likely N-dealkylation sites (tertiary alicyclic amines) is 1. The molecule has 4 nitrogen and oxygen atoms in total. The number of anilines is 1. The molecule has 2 rings (SSSR count). The minimum absolute atomic E-state index is 0.0859. The summed E-state index contributed by atoms with van der Waals surface area (Å²) in [5.41, 5.74) is 2.02. The van der Waals surface area contributed by atoms with E-state index in [9.17, 15) is 9.59 Å². The Morgan fingerprint density at radius 1 is 1.26 bits per heavy atom. The highest BCUT2D eigenvalue weighted by atomic mass is 16.2. The first-order chi connectivity index (χ1) is 9.19. The molecule has 1 saturated heterocycles. The van der Waals surface area contributed by atoms with Gasteiger partial charge in [0.2, 0.25) is 11.8 Å². The van der Waals surface area contributed by atoms with Gasteiger partial charge < -0.3 is 10.2 Å². The van der Waals surface area contributed by atoms with Crippen molar-refractivity contribution in [2.24, 2.45) is 0 Å². The average Bonchev–Trinajstić information content (AvgIpc) is 2.42. The normalized spacial score (nSPS) is 15.4. The van der Waals surface area contributed by atoms with Crippen LogP contribution in [-0.2, 0) is 16.0 Å². The van der Waals surface area contributed by atoms with Crippen LogP contribution in [0, 0.1) is 0 Å². The number of benzene rings is 1. The van der Waals surface area contributed by atoms with E-state index in [1.54, 1.807) is 4.90 Å². The Morgan fingerprint density at radius 2 is 2.00 bits per heavy atom. The summed E-state index contributed by atoms with van der Waals surface area (Å²) < 4.78 is 0. The van der Waals surface area contributed by atoms with Gasteiger partial charge in [0, 0.05) is 18.7 Å². The molecule has 1 aromatic carbocycles. The van der Waals surface area contributed by atoms with Crippen molar-refractivity contribution in [2.45, 2.75) is 32.6 Å². The first kappa shape index (κ1) is 13.6. The van der Waals surface area contributed by atoms with Gasteiger partial charge in [-0.2, -0.15) is 0 Å². The molecule has 1 heterocycles. The van der Waals surface area contributed by atoms with Gasteiger partial charge in [-0.25, -0.2) is 0 Å². The number of hydrogen-bond acceptors (Lipinski definition) is 2. The Hall–Kier alpha value is -1.84. The molecule has 1 fully saturated rings. The fourth-order valence-corrected chi connectivity index (χ4v) is 2.23. The van der Waals surface area contributed by atoms with Crippen molar-refractivity contribution in [3.05, 3.63) is 29.8 Å². The van der Waals surface area contributed by atoms with Crippen LogP contribution in [-0.4, -0.2) is 29.8 Å². The summed E-state index contributed by atoms with van der Waals surface area (Å²) in [5, 5.41) is 2.83. The third kappa shape index (κ3) is 3.81. The standard InChI is InChI=1S/C15H20N2O2/c1-2-12-6-8-13(9-7-12)16-14(18)11-17-10-4-3-5-15(17)19/h6-9H,2-5,10-11H2,1H3,(H,16,18). The molecule has 4 heteroatoms. The second kappa shape index (κ2) is 6.36. The third-order valence-electron chi connectivity index (χ3n) is 3.40. The lowest BCUT2D eigenvalue weighted by molar-refractivity contribution is -0.136. The smallest absolute Gasteiger partial charge is 0.243 e. The lowest BCUT2D eigenvalue weighted by Gasteiger charge is -2.25. The number of carbonyl (C=O) groups excluding carboxylic acids is 2. The van der Waals surface area contributed by atoms with Crippen molar-refractivity contribution in [3.8, 4) is 0 Å². The number of nitrogens with zero attached hydrogens (tertiary/aromatic N) is 1. The number of hydrogen-bond donors (Lipinski definition) is 1. The fourth-order valence-electron chi connectivity index (χ4n) is 2.23. The van der Waals surface area contributed by atoms with E-state index >= 15 is 0 Å². The molecule has 1 N–H and O–H groups in total. The van der Waals surface area contributed by atoms with Crippen LogP contribution < -0.4 is 5.32 Å². The Bertz CT molecular complexity index is 454. The number of carbonyl (C=O) groups is 2. The molecule has 1 aliphatic rings. The van der Waals surface area contributed by atoms with Crippen LogP contribution in [0.4, 0.5) is 5.69 Å². The Kier molecular flexibility index (Phi) is 4.55. The molecule has 0 radical (unpaired) electrons. The largest absolute Gasteiger partial charge is 0.333 e. The maximum absolute atomic E-state index is 11.9. The van der Waals surface area contributed by atoms with Gasteiger partial charge >= 0.3 is 0 Å². The molecule has 2 amide bonds. The SMILES string of the molecule is CCc1ccc(NC(=O)CN2CCCCC2=O)cc1. The maximum atomic E-state index is 11.9. The molecule has 0 aromatic heterocycles. The van der Waals surface area contributed by atoms with E-state index in [1.165, 1.54) is 5.56 Å². The monoisotopic (exact) mass is 260 g/mol. The third-order valence-corrected chi connectivity index (χ3v) is 3.40. The Balaban J connectivity index is 1.87. The van der Waals surface area contributed by atoms with Crippen LogP contribution in [0.3, 0.4) is 0 Å². The van der Waals surface area contributed by atoms with Gasteiger partial charge in [-0.3, -0.25) is 9.59 Å². The fraction of sp³-hybridized carbons (Fsp3) is 0.467. The highest BCUT2D eigenvalue weighted by molar-refractivity contribution is 5.94. The minimum atomic E-state index is -0.125. The number of amides is 2. The van der Waals surface area contributed by atoms with Crippen molar-refractivity contribution in [2.75, 3.05) is 18.4 Å². The number of nitrogens with one attached hydrogen (secondary N) is 1. The summed E-state index contributed by atoms with van der Waals surface area (Å²) in [6, 6.07) is 7.80. The predicted molar refractivity (Wildman–Crippen MR) is 74.9 cm³/mol. The molecule has 102 valence electrons. The zero-order chi connectivity index (χ0) is 13.7. The van der Waals surface area contributed by atoms with Gasteiger partial charge in [-0.15, -0.1) is 0 Å². The molecule has 0 spiro atoms. The van der Waals surface area contributed by atoms with Crippen LogP contribution in [0.25, 0.3) is 0 Å². The molecular weight excluding hydrogens is 240 g/mol. The molecule has 19 heavy (non-hydrogen) atoms. The number of piperidine rings is 1. The van der Waals surface area contributed by atoms with Gasteiger partial charge in [-0.1, -0.05) is 19.1 Å². The van der Waals surface area contributed by atoms with Gasteiger partial charge in [0.15, 0.2) is 0 Å². The van der Waals surface area contributed by atoms with Gasteiger partial charge in [0.25, 0.3) is 0 Å². The summed E-state index contributed by atoms with van der Waals surface area (Å²) in [4.78, 5) is 25.1. The summed E-state index contributed by atoms with van der Waals surface area (Å²) in [6.07, 6.45) is 3.48. The minimum Gasteiger partial charge on any atom is -0.333 e. The van der Waals surface area contributed by atoms with Crippen molar-refractivity contribution < 1.29 is 9.59 Å². The van der Waals surface area contributed by atoms with E-state index in [0.29, 0.717) is 13.0 Å². The summed E-state index contributed by atoms with van der Waals surface area (Å²) in [5.74, 6) is -0.0396. The molecule has 1 aromatic rings. The molecule has 0 saturated carbocycles. The van der Waals surface area contributed by atoms with Gasteiger partial charge in [0.1, 0.15) is 0 Å². The molecule has 1 aliphatic heterocycles. The van der Waals surface area contributed by atoms with Crippen LogP contribution in [0.2, 0.25) is 0 Å². The number of rotatable bonds is 4. The van der Waals surface area contributed by atoms with E-state index in [2.05, 4.69) is 12.2 Å². The highest BCUT2D eigenvalue weighted by Gasteiger charge is 2.20. The van der Waals surface area contributed by atoms with E-state index in [1.807, 2.05) is 24.3 Å². The highest BCUT2D eigenvalue weighted by Crippen LogP contribution is 2.12. The van der Waals surface area contributed by atoms with Crippen molar-refractivity contribution in [1.29, 1.82) is 0 Å². The lowest BCUT2D eigenvalue weighted by Crippen LogP contribution is -2.40. The topological polar surface area (TPSA) is 49.4 Å². The first-order valence-electron chi connectivity index (χ1n) is 6.85. The van der Waals surface area contributed by atoms with Crippen LogP contribution >= 0.6 is 0 Å². The van der Waals surface area contributed by atoms with Gasteiger partial charge in [0.05, 0.1) is 6.54 Å². The Morgan fingerprint density at radius 3 is 2.63 bits per heavy atom. The second-order valence-electron chi connectivity index (χ2n) is 4.87. The van der Waals surface area contributed by atoms with Crippen molar-refractivity contribution in [1.82, 2.24) is 4.90 Å². The summed E-state index contributed by atoms with van der Waals surface area (Å²) in [7, 11) is 0. The van der Waals surface area contributed by atoms with E-state index in [4.69, 9.17) is 0 Å². The summed E-state index contributed by atoms with van der Waals surface area (Å²) >= 11 is 0. The molecule has 0 unspecified atom stereocenters. The van der Waals surface area contributed by atoms with E-state index in [-0.39, 0.29) is 18.4 Å². The lowest BCUT2D eigenvalue weighted by atomic mass is 10.1. The van der Waals surface area contributed by atoms with Crippen LogP contribution in [0.1, 0.15) is 31.7 Å². The molecule has 0 aliphatic carbocycles.